The molecule has 0 amide bonds. The Balaban J connectivity index is 1.77. The Kier molecular flexibility index (Phi) is 6.07. The highest BCUT2D eigenvalue weighted by molar-refractivity contribution is 5.35. The van der Waals surface area contributed by atoms with Gasteiger partial charge in [-0.3, -0.25) is 0 Å². The number of ether oxygens (including phenoxy) is 1. The summed E-state index contributed by atoms with van der Waals surface area (Å²) in [4.78, 5) is 2.30. The van der Waals surface area contributed by atoms with Crippen LogP contribution in [-0.2, 0) is 0 Å². The monoisotopic (exact) mass is 291 g/mol. The number of rotatable bonds is 6. The molecule has 0 saturated heterocycles. The van der Waals surface area contributed by atoms with Crippen molar-refractivity contribution in [2.45, 2.75) is 58.1 Å². The molecule has 0 spiro atoms. The fraction of sp³-hybridized carbons (Fsp3) is 0.667. The van der Waals surface area contributed by atoms with Crippen LogP contribution in [0.2, 0.25) is 0 Å². The average Bonchev–Trinajstić information content (AvgIpc) is 2.47. The van der Waals surface area contributed by atoms with E-state index in [1.807, 2.05) is 19.1 Å². The standard InChI is InChI=1S/C18H29NO2/c1-14-9-10-18(15(2)11-14)21-13-17(20)12-19(3)16-7-5-4-6-8-16/h9-11,16-17,20H,4-8,12-13H2,1-3H3. The summed E-state index contributed by atoms with van der Waals surface area (Å²) < 4.78 is 5.77. The number of aliphatic hydroxyl groups excluding tert-OH is 1. The van der Waals surface area contributed by atoms with Crippen LogP contribution in [0.4, 0.5) is 0 Å². The van der Waals surface area contributed by atoms with Gasteiger partial charge in [0.15, 0.2) is 0 Å². The SMILES string of the molecule is Cc1ccc(OCC(O)CN(C)C2CCCCC2)c(C)c1. The number of hydrogen-bond acceptors (Lipinski definition) is 3. The van der Waals surface area contributed by atoms with Crippen molar-refractivity contribution in [1.29, 1.82) is 0 Å². The first-order chi connectivity index (χ1) is 10.1. The predicted octanol–water partition coefficient (Wildman–Crippen LogP) is 3.31. The van der Waals surface area contributed by atoms with E-state index in [1.54, 1.807) is 0 Å². The average molecular weight is 291 g/mol. The molecule has 2 rings (SSSR count). The summed E-state index contributed by atoms with van der Waals surface area (Å²) in [6, 6.07) is 6.77. The van der Waals surface area contributed by atoms with Crippen molar-refractivity contribution in [3.63, 3.8) is 0 Å². The minimum absolute atomic E-state index is 0.362. The molecule has 3 nitrogen and oxygen atoms in total. The minimum Gasteiger partial charge on any atom is -0.491 e. The van der Waals surface area contributed by atoms with Crippen LogP contribution in [0.3, 0.4) is 0 Å². The first kappa shape index (κ1) is 16.3. The summed E-state index contributed by atoms with van der Waals surface area (Å²) in [6.45, 7) is 5.17. The molecular weight excluding hydrogens is 262 g/mol. The van der Waals surface area contributed by atoms with Gasteiger partial charge in [0, 0.05) is 12.6 Å². The lowest BCUT2D eigenvalue weighted by molar-refractivity contribution is 0.0559. The van der Waals surface area contributed by atoms with Crippen LogP contribution in [0.25, 0.3) is 0 Å². The Morgan fingerprint density at radius 2 is 1.95 bits per heavy atom. The van der Waals surface area contributed by atoms with Crippen molar-refractivity contribution in [3.05, 3.63) is 29.3 Å². The number of aliphatic hydroxyl groups is 1. The molecule has 0 radical (unpaired) electrons. The maximum absolute atomic E-state index is 10.2. The zero-order valence-electron chi connectivity index (χ0n) is 13.6. The van der Waals surface area contributed by atoms with Gasteiger partial charge in [-0.05, 0) is 45.4 Å². The first-order valence-corrected chi connectivity index (χ1v) is 8.14. The predicted molar refractivity (Wildman–Crippen MR) is 86.9 cm³/mol. The summed E-state index contributed by atoms with van der Waals surface area (Å²) >= 11 is 0. The molecular formula is C18H29NO2. The third kappa shape index (κ3) is 5.01. The van der Waals surface area contributed by atoms with Crippen LogP contribution >= 0.6 is 0 Å². The van der Waals surface area contributed by atoms with Gasteiger partial charge in [-0.2, -0.15) is 0 Å². The minimum atomic E-state index is -0.433. The van der Waals surface area contributed by atoms with Gasteiger partial charge in [0.05, 0.1) is 0 Å². The molecule has 0 aromatic heterocycles. The van der Waals surface area contributed by atoms with Crippen molar-refractivity contribution in [3.8, 4) is 5.75 Å². The Labute approximate surface area is 128 Å². The van der Waals surface area contributed by atoms with Crippen LogP contribution < -0.4 is 4.74 Å². The van der Waals surface area contributed by atoms with Crippen LogP contribution in [0.5, 0.6) is 5.75 Å². The number of benzene rings is 1. The smallest absolute Gasteiger partial charge is 0.122 e. The maximum atomic E-state index is 10.2. The van der Waals surface area contributed by atoms with Gasteiger partial charge in [-0.1, -0.05) is 37.0 Å². The molecule has 1 atom stereocenters. The Hall–Kier alpha value is -1.06. The third-order valence-corrected chi connectivity index (χ3v) is 4.46. The van der Waals surface area contributed by atoms with E-state index >= 15 is 0 Å². The van der Waals surface area contributed by atoms with Gasteiger partial charge in [-0.15, -0.1) is 0 Å². The lowest BCUT2D eigenvalue weighted by Crippen LogP contribution is -2.40. The van der Waals surface area contributed by atoms with E-state index in [0.717, 1.165) is 11.3 Å². The van der Waals surface area contributed by atoms with E-state index in [4.69, 9.17) is 4.74 Å². The van der Waals surface area contributed by atoms with Crippen molar-refractivity contribution < 1.29 is 9.84 Å². The Morgan fingerprint density at radius 1 is 1.24 bits per heavy atom. The molecule has 1 aliphatic rings. The second-order valence-electron chi connectivity index (χ2n) is 6.47. The maximum Gasteiger partial charge on any atom is 0.122 e. The Bertz CT molecular complexity index is 441. The third-order valence-electron chi connectivity index (χ3n) is 4.46. The number of nitrogens with zero attached hydrogens (tertiary/aromatic N) is 1. The zero-order valence-corrected chi connectivity index (χ0v) is 13.6. The van der Waals surface area contributed by atoms with Crippen LogP contribution in [-0.4, -0.2) is 42.4 Å². The summed E-state index contributed by atoms with van der Waals surface area (Å²) in [6.07, 6.45) is 6.11. The lowest BCUT2D eigenvalue weighted by Gasteiger charge is -2.32. The fourth-order valence-electron chi connectivity index (χ4n) is 3.20. The lowest BCUT2D eigenvalue weighted by atomic mass is 9.94. The van der Waals surface area contributed by atoms with E-state index in [0.29, 0.717) is 19.2 Å². The summed E-state index contributed by atoms with van der Waals surface area (Å²) in [7, 11) is 2.12. The molecule has 1 N–H and O–H groups in total. The van der Waals surface area contributed by atoms with Gasteiger partial charge in [0.25, 0.3) is 0 Å². The molecule has 0 bridgehead atoms. The zero-order chi connectivity index (χ0) is 15.2. The molecule has 1 fully saturated rings. The normalized spacial score (nSPS) is 18.0. The van der Waals surface area contributed by atoms with E-state index in [-0.39, 0.29) is 0 Å². The van der Waals surface area contributed by atoms with E-state index in [9.17, 15) is 5.11 Å². The highest BCUT2D eigenvalue weighted by atomic mass is 16.5. The van der Waals surface area contributed by atoms with Gasteiger partial charge < -0.3 is 14.7 Å². The molecule has 1 aromatic carbocycles. The number of hydrogen-bond donors (Lipinski definition) is 1. The summed E-state index contributed by atoms with van der Waals surface area (Å²) in [5.41, 5.74) is 2.36. The number of likely N-dealkylation sites (N-methyl/N-ethyl adjacent to an activating group) is 1. The van der Waals surface area contributed by atoms with Gasteiger partial charge in [0.2, 0.25) is 0 Å². The van der Waals surface area contributed by atoms with E-state index in [2.05, 4.69) is 24.9 Å². The molecule has 1 saturated carbocycles. The second-order valence-corrected chi connectivity index (χ2v) is 6.47. The topological polar surface area (TPSA) is 32.7 Å². The van der Waals surface area contributed by atoms with Crippen molar-refractivity contribution in [1.82, 2.24) is 4.90 Å². The summed E-state index contributed by atoms with van der Waals surface area (Å²) in [5.74, 6) is 0.875. The van der Waals surface area contributed by atoms with Crippen molar-refractivity contribution in [2.24, 2.45) is 0 Å². The molecule has 0 heterocycles. The highest BCUT2D eigenvalue weighted by Gasteiger charge is 2.20. The van der Waals surface area contributed by atoms with Gasteiger partial charge >= 0.3 is 0 Å². The van der Waals surface area contributed by atoms with Crippen LogP contribution in [0.15, 0.2) is 18.2 Å². The quantitative estimate of drug-likeness (QED) is 0.873. The number of aryl methyl sites for hydroxylation is 2. The molecule has 21 heavy (non-hydrogen) atoms. The first-order valence-electron chi connectivity index (χ1n) is 8.14. The Morgan fingerprint density at radius 3 is 2.62 bits per heavy atom. The largest absolute Gasteiger partial charge is 0.491 e. The molecule has 118 valence electrons. The summed E-state index contributed by atoms with van der Waals surface area (Å²) in [5, 5.41) is 10.2. The molecule has 1 aromatic rings. The molecule has 3 heteroatoms. The van der Waals surface area contributed by atoms with Crippen LogP contribution in [0, 0.1) is 13.8 Å². The molecule has 1 aliphatic carbocycles. The van der Waals surface area contributed by atoms with Crippen molar-refractivity contribution in [2.75, 3.05) is 20.2 Å². The fourth-order valence-corrected chi connectivity index (χ4v) is 3.20. The second kappa shape index (κ2) is 7.81. The highest BCUT2D eigenvalue weighted by Crippen LogP contribution is 2.22. The van der Waals surface area contributed by atoms with E-state index in [1.165, 1.54) is 37.7 Å². The van der Waals surface area contributed by atoms with Gasteiger partial charge in [-0.25, -0.2) is 0 Å². The molecule has 0 aliphatic heterocycles. The van der Waals surface area contributed by atoms with Crippen LogP contribution in [0.1, 0.15) is 43.2 Å². The van der Waals surface area contributed by atoms with Crippen molar-refractivity contribution >= 4 is 0 Å². The van der Waals surface area contributed by atoms with Gasteiger partial charge in [0.1, 0.15) is 18.5 Å². The van der Waals surface area contributed by atoms with E-state index < -0.39 is 6.10 Å². The molecule has 1 unspecified atom stereocenters.